The highest BCUT2D eigenvalue weighted by Gasteiger charge is 2.37. The summed E-state index contributed by atoms with van der Waals surface area (Å²) in [5.41, 5.74) is -4.34. The molecule has 0 amide bonds. The van der Waals surface area contributed by atoms with Gasteiger partial charge in [-0.05, 0) is 24.3 Å². The maximum atomic E-state index is 13.3. The summed E-state index contributed by atoms with van der Waals surface area (Å²) in [6, 6.07) is 1.70. The number of aromatic nitrogens is 4. The minimum absolute atomic E-state index is 0.0418. The molecule has 13 heteroatoms. The summed E-state index contributed by atoms with van der Waals surface area (Å²) in [5.74, 6) is -2.86. The molecule has 0 saturated carbocycles. The number of hydrogen-bond acceptors (Lipinski definition) is 4. The molecule has 6 nitrogen and oxygen atoms in total. The molecule has 0 unspecified atom stereocenters. The van der Waals surface area contributed by atoms with E-state index in [9.17, 15) is 40.6 Å². The number of benzene rings is 1. The summed E-state index contributed by atoms with van der Waals surface area (Å²) >= 11 is 0. The SMILES string of the molecule is O=C(O)C(=Cn1cnc(-c2cc(C(F)(F)F)cc(C(F)(F)F)c2)n1)c1cncc(F)c1. The van der Waals surface area contributed by atoms with E-state index in [0.717, 1.165) is 35.7 Å². The first kappa shape index (κ1) is 21.9. The predicted octanol–water partition coefficient (Wildman–Crippen LogP) is 4.60. The van der Waals surface area contributed by atoms with E-state index in [0.29, 0.717) is 12.1 Å². The lowest BCUT2D eigenvalue weighted by molar-refractivity contribution is -0.143. The number of rotatable bonds is 4. The van der Waals surface area contributed by atoms with Crippen LogP contribution in [0.25, 0.3) is 23.2 Å². The predicted molar refractivity (Wildman–Crippen MR) is 91.5 cm³/mol. The number of carboxylic acid groups (broad SMARTS) is 1. The Kier molecular flexibility index (Phi) is 5.53. The normalized spacial score (nSPS) is 12.8. The maximum absolute atomic E-state index is 13.3. The third kappa shape index (κ3) is 5.05. The molecule has 3 aromatic rings. The van der Waals surface area contributed by atoms with Crippen LogP contribution in [0.5, 0.6) is 0 Å². The maximum Gasteiger partial charge on any atom is 0.416 e. The zero-order chi connectivity index (χ0) is 23.0. The van der Waals surface area contributed by atoms with Gasteiger partial charge in [-0.3, -0.25) is 4.98 Å². The van der Waals surface area contributed by atoms with Crippen molar-refractivity contribution in [1.29, 1.82) is 0 Å². The van der Waals surface area contributed by atoms with E-state index < -0.39 is 52.2 Å². The Morgan fingerprint density at radius 3 is 2.10 bits per heavy atom. The van der Waals surface area contributed by atoms with Crippen molar-refractivity contribution in [3.63, 3.8) is 0 Å². The summed E-state index contributed by atoms with van der Waals surface area (Å²) in [7, 11) is 0. The number of aliphatic carboxylic acids is 1. The fourth-order valence-electron chi connectivity index (χ4n) is 2.50. The first-order valence-electron chi connectivity index (χ1n) is 8.11. The van der Waals surface area contributed by atoms with Gasteiger partial charge in [0, 0.05) is 23.5 Å². The molecule has 162 valence electrons. The highest BCUT2D eigenvalue weighted by atomic mass is 19.4. The van der Waals surface area contributed by atoms with Crippen LogP contribution in [0.1, 0.15) is 16.7 Å². The topological polar surface area (TPSA) is 80.9 Å². The summed E-state index contributed by atoms with van der Waals surface area (Å²) in [5, 5.41) is 13.0. The second kappa shape index (κ2) is 7.81. The van der Waals surface area contributed by atoms with E-state index >= 15 is 0 Å². The Bertz CT molecular complexity index is 1130. The van der Waals surface area contributed by atoms with E-state index in [1.54, 1.807) is 0 Å². The third-order valence-electron chi connectivity index (χ3n) is 3.86. The smallest absolute Gasteiger partial charge is 0.416 e. The number of carboxylic acids is 1. The summed E-state index contributed by atoms with van der Waals surface area (Å²) in [4.78, 5) is 18.6. The lowest BCUT2D eigenvalue weighted by Crippen LogP contribution is -2.11. The number of pyridine rings is 1. The van der Waals surface area contributed by atoms with Gasteiger partial charge >= 0.3 is 18.3 Å². The zero-order valence-corrected chi connectivity index (χ0v) is 14.9. The van der Waals surface area contributed by atoms with Crippen molar-refractivity contribution in [2.75, 3.05) is 0 Å². The van der Waals surface area contributed by atoms with E-state index in [1.807, 2.05) is 0 Å². The molecule has 0 spiro atoms. The molecular formula is C18H9F7N4O2. The first-order chi connectivity index (χ1) is 14.3. The van der Waals surface area contributed by atoms with Gasteiger partial charge in [-0.1, -0.05) is 0 Å². The average molecular weight is 446 g/mol. The molecule has 0 fully saturated rings. The molecule has 0 atom stereocenters. The Labute approximate surface area is 168 Å². The molecule has 0 aliphatic rings. The highest BCUT2D eigenvalue weighted by Crippen LogP contribution is 2.38. The van der Waals surface area contributed by atoms with Crippen molar-refractivity contribution in [2.45, 2.75) is 12.4 Å². The fourth-order valence-corrected chi connectivity index (χ4v) is 2.50. The van der Waals surface area contributed by atoms with Gasteiger partial charge in [-0.25, -0.2) is 18.9 Å². The second-order valence-corrected chi connectivity index (χ2v) is 6.08. The van der Waals surface area contributed by atoms with Crippen LogP contribution in [-0.2, 0) is 17.1 Å². The number of carbonyl (C=O) groups is 1. The highest BCUT2D eigenvalue weighted by molar-refractivity contribution is 6.19. The van der Waals surface area contributed by atoms with Crippen molar-refractivity contribution in [1.82, 2.24) is 19.7 Å². The average Bonchev–Trinajstić information content (AvgIpc) is 3.13. The fraction of sp³-hybridized carbons (Fsp3) is 0.111. The van der Waals surface area contributed by atoms with E-state index in [1.165, 1.54) is 0 Å². The van der Waals surface area contributed by atoms with Gasteiger partial charge in [-0.15, -0.1) is 5.10 Å². The monoisotopic (exact) mass is 446 g/mol. The lowest BCUT2D eigenvalue weighted by Gasteiger charge is -2.13. The Morgan fingerprint density at radius 2 is 1.58 bits per heavy atom. The van der Waals surface area contributed by atoms with Crippen LogP contribution in [0.15, 0.2) is 43.0 Å². The van der Waals surface area contributed by atoms with Crippen LogP contribution in [0.2, 0.25) is 0 Å². The van der Waals surface area contributed by atoms with Crippen LogP contribution in [0, 0.1) is 5.82 Å². The minimum Gasteiger partial charge on any atom is -0.478 e. The van der Waals surface area contributed by atoms with Gasteiger partial charge < -0.3 is 5.11 Å². The number of hydrogen-bond donors (Lipinski definition) is 1. The van der Waals surface area contributed by atoms with Crippen molar-refractivity contribution in [2.24, 2.45) is 0 Å². The van der Waals surface area contributed by atoms with Crippen LogP contribution in [-0.4, -0.2) is 30.8 Å². The standard InChI is InChI=1S/C18H9F7N4O2/c19-13-3-10(5-26-6-13)14(16(30)31)7-29-8-27-15(28-29)9-1-11(17(20,21)22)4-12(2-9)18(23,24)25/h1-8H,(H,30,31). The minimum atomic E-state index is -5.06. The molecule has 1 aromatic carbocycles. The van der Waals surface area contributed by atoms with Crippen LogP contribution < -0.4 is 0 Å². The molecular weight excluding hydrogens is 437 g/mol. The van der Waals surface area contributed by atoms with Crippen LogP contribution in [0.4, 0.5) is 30.7 Å². The quantitative estimate of drug-likeness (QED) is 0.468. The Balaban J connectivity index is 2.07. The second-order valence-electron chi connectivity index (χ2n) is 6.08. The largest absolute Gasteiger partial charge is 0.478 e. The lowest BCUT2D eigenvalue weighted by atomic mass is 10.0. The van der Waals surface area contributed by atoms with Gasteiger partial charge in [-0.2, -0.15) is 26.3 Å². The van der Waals surface area contributed by atoms with E-state index in [4.69, 9.17) is 0 Å². The summed E-state index contributed by atoms with van der Waals surface area (Å²) < 4.78 is 92.2. The molecule has 0 radical (unpaired) electrons. The van der Waals surface area contributed by atoms with Crippen LogP contribution >= 0.6 is 0 Å². The molecule has 31 heavy (non-hydrogen) atoms. The van der Waals surface area contributed by atoms with Crippen molar-refractivity contribution < 1.29 is 40.6 Å². The van der Waals surface area contributed by atoms with Crippen molar-refractivity contribution in [3.8, 4) is 11.4 Å². The Hall–Kier alpha value is -3.77. The summed E-state index contributed by atoms with van der Waals surface area (Å²) in [6.45, 7) is 0. The molecule has 0 aliphatic heterocycles. The zero-order valence-electron chi connectivity index (χ0n) is 14.9. The van der Waals surface area contributed by atoms with Crippen molar-refractivity contribution in [3.05, 3.63) is 65.5 Å². The van der Waals surface area contributed by atoms with Gasteiger partial charge in [0.15, 0.2) is 5.82 Å². The van der Waals surface area contributed by atoms with Crippen molar-refractivity contribution >= 4 is 17.7 Å². The number of nitrogens with zero attached hydrogens (tertiary/aromatic N) is 4. The van der Waals surface area contributed by atoms with E-state index in [2.05, 4.69) is 15.1 Å². The first-order valence-corrected chi connectivity index (χ1v) is 8.11. The molecule has 2 heterocycles. The third-order valence-corrected chi connectivity index (χ3v) is 3.86. The molecule has 0 bridgehead atoms. The van der Waals surface area contributed by atoms with Gasteiger partial charge in [0.1, 0.15) is 12.1 Å². The van der Waals surface area contributed by atoms with Gasteiger partial charge in [0.2, 0.25) is 0 Å². The molecule has 0 aliphatic carbocycles. The van der Waals surface area contributed by atoms with E-state index in [-0.39, 0.29) is 11.6 Å². The number of halogens is 7. The number of alkyl halides is 6. The molecule has 1 N–H and O–H groups in total. The molecule has 3 rings (SSSR count). The molecule has 0 saturated heterocycles. The Morgan fingerprint density at radius 1 is 0.968 bits per heavy atom. The van der Waals surface area contributed by atoms with Gasteiger partial charge in [0.05, 0.1) is 22.9 Å². The van der Waals surface area contributed by atoms with Gasteiger partial charge in [0.25, 0.3) is 0 Å². The summed E-state index contributed by atoms with van der Waals surface area (Å²) in [6.07, 6.45) is -6.50. The molecule has 2 aromatic heterocycles. The van der Waals surface area contributed by atoms with Crippen LogP contribution in [0.3, 0.4) is 0 Å².